The van der Waals surface area contributed by atoms with Crippen LogP contribution in [-0.2, 0) is 7.05 Å². The average Bonchev–Trinajstić information content (AvgIpc) is 2.34. The largest absolute Gasteiger partial charge is 0.353 e. The fourth-order valence-electron chi connectivity index (χ4n) is 1.07. The van der Waals surface area contributed by atoms with Crippen LogP contribution in [0.2, 0.25) is 0 Å². The normalized spacial score (nSPS) is 12.3. The van der Waals surface area contributed by atoms with Gasteiger partial charge in [-0.05, 0) is 18.6 Å². The first-order valence-corrected chi connectivity index (χ1v) is 3.62. The van der Waals surface area contributed by atoms with Crippen LogP contribution in [0.3, 0.4) is 0 Å². The molecule has 1 heterocycles. The zero-order valence-electron chi connectivity index (χ0n) is 6.95. The highest BCUT2D eigenvalue weighted by molar-refractivity contribution is 5.85. The Hall–Kier alpha value is -0.470. The Morgan fingerprint density at radius 3 is 2.64 bits per heavy atom. The molecule has 0 radical (unpaired) electrons. The molecule has 11 heavy (non-hydrogen) atoms. The van der Waals surface area contributed by atoms with E-state index in [0.717, 1.165) is 6.42 Å². The van der Waals surface area contributed by atoms with Crippen molar-refractivity contribution in [2.24, 2.45) is 12.8 Å². The first-order valence-electron chi connectivity index (χ1n) is 3.62. The van der Waals surface area contributed by atoms with Gasteiger partial charge in [0, 0.05) is 25.0 Å². The molecule has 1 aromatic rings. The van der Waals surface area contributed by atoms with Gasteiger partial charge in [-0.3, -0.25) is 0 Å². The second-order valence-corrected chi connectivity index (χ2v) is 2.56. The zero-order valence-corrected chi connectivity index (χ0v) is 7.77. The molecule has 0 saturated carbocycles. The van der Waals surface area contributed by atoms with Crippen LogP contribution in [0.5, 0.6) is 0 Å². The van der Waals surface area contributed by atoms with Crippen LogP contribution < -0.4 is 5.73 Å². The molecule has 0 aromatic carbocycles. The third kappa shape index (κ3) is 2.24. The van der Waals surface area contributed by atoms with Crippen LogP contribution in [0.4, 0.5) is 0 Å². The lowest BCUT2D eigenvalue weighted by Gasteiger charge is -2.09. The van der Waals surface area contributed by atoms with Crippen molar-refractivity contribution >= 4 is 12.4 Å². The van der Waals surface area contributed by atoms with Gasteiger partial charge in [-0.2, -0.15) is 0 Å². The Kier molecular flexibility index (Phi) is 4.23. The van der Waals surface area contributed by atoms with Gasteiger partial charge < -0.3 is 10.3 Å². The Balaban J connectivity index is 0.000001000. The highest BCUT2D eigenvalue weighted by atomic mass is 35.5. The standard InChI is InChI=1S/C8H14N2.ClH/c1-3-7(9)8-5-4-6-10(8)2;/h4-7H,3,9H2,1-2H3;1H/t7-;/m0./s1. The van der Waals surface area contributed by atoms with E-state index in [1.807, 2.05) is 19.3 Å². The molecular formula is C8H15ClN2. The minimum atomic E-state index is 0. The molecule has 0 saturated heterocycles. The molecule has 0 aliphatic rings. The highest BCUT2D eigenvalue weighted by Gasteiger charge is 2.04. The lowest BCUT2D eigenvalue weighted by Crippen LogP contribution is -2.12. The first-order chi connectivity index (χ1) is 4.75. The van der Waals surface area contributed by atoms with E-state index in [2.05, 4.69) is 17.6 Å². The number of hydrogen-bond donors (Lipinski definition) is 1. The van der Waals surface area contributed by atoms with Crippen LogP contribution in [0.15, 0.2) is 18.3 Å². The Morgan fingerprint density at radius 1 is 1.64 bits per heavy atom. The summed E-state index contributed by atoms with van der Waals surface area (Å²) in [6, 6.07) is 4.28. The molecule has 1 atom stereocenters. The first kappa shape index (κ1) is 10.5. The predicted molar refractivity (Wildman–Crippen MR) is 49.9 cm³/mol. The van der Waals surface area contributed by atoms with E-state index in [4.69, 9.17) is 5.73 Å². The van der Waals surface area contributed by atoms with Crippen LogP contribution in [0, 0.1) is 0 Å². The van der Waals surface area contributed by atoms with Crippen molar-refractivity contribution < 1.29 is 0 Å². The van der Waals surface area contributed by atoms with Gasteiger partial charge in [-0.25, -0.2) is 0 Å². The minimum absolute atomic E-state index is 0. The summed E-state index contributed by atoms with van der Waals surface area (Å²) in [4.78, 5) is 0. The summed E-state index contributed by atoms with van der Waals surface area (Å²) in [6.45, 7) is 2.09. The van der Waals surface area contributed by atoms with Gasteiger partial charge in [0.1, 0.15) is 0 Å². The van der Waals surface area contributed by atoms with Crippen LogP contribution in [-0.4, -0.2) is 4.57 Å². The molecule has 0 aliphatic carbocycles. The van der Waals surface area contributed by atoms with E-state index in [0.29, 0.717) is 0 Å². The maximum atomic E-state index is 5.82. The third-order valence-corrected chi connectivity index (χ3v) is 1.80. The lowest BCUT2D eigenvalue weighted by molar-refractivity contribution is 0.640. The summed E-state index contributed by atoms with van der Waals surface area (Å²) in [7, 11) is 2.02. The maximum absolute atomic E-state index is 5.82. The van der Waals surface area contributed by atoms with Crippen molar-refractivity contribution in [1.29, 1.82) is 0 Å². The summed E-state index contributed by atoms with van der Waals surface area (Å²) in [6.07, 6.45) is 3.02. The molecule has 3 heteroatoms. The summed E-state index contributed by atoms with van der Waals surface area (Å²) in [5.41, 5.74) is 7.03. The third-order valence-electron chi connectivity index (χ3n) is 1.80. The summed E-state index contributed by atoms with van der Waals surface area (Å²) < 4.78 is 2.06. The molecule has 1 aromatic heterocycles. The number of nitrogens with two attached hydrogens (primary N) is 1. The molecular weight excluding hydrogens is 160 g/mol. The van der Waals surface area contributed by atoms with Gasteiger partial charge in [0.2, 0.25) is 0 Å². The molecule has 0 unspecified atom stereocenters. The number of aromatic nitrogens is 1. The van der Waals surface area contributed by atoms with Gasteiger partial charge >= 0.3 is 0 Å². The number of nitrogens with zero attached hydrogens (tertiary/aromatic N) is 1. The zero-order chi connectivity index (χ0) is 7.56. The smallest absolute Gasteiger partial charge is 0.0447 e. The minimum Gasteiger partial charge on any atom is -0.353 e. The molecule has 0 fully saturated rings. The van der Waals surface area contributed by atoms with Crippen LogP contribution in [0.1, 0.15) is 25.1 Å². The van der Waals surface area contributed by atoms with Crippen molar-refractivity contribution in [1.82, 2.24) is 4.57 Å². The maximum Gasteiger partial charge on any atom is 0.0447 e. The molecule has 64 valence electrons. The van der Waals surface area contributed by atoms with E-state index < -0.39 is 0 Å². The Bertz CT molecular complexity index is 208. The van der Waals surface area contributed by atoms with Gasteiger partial charge in [0.25, 0.3) is 0 Å². The molecule has 0 aliphatic heterocycles. The molecule has 0 bridgehead atoms. The predicted octanol–water partition coefficient (Wildman–Crippen LogP) is 1.86. The van der Waals surface area contributed by atoms with Gasteiger partial charge in [-0.15, -0.1) is 12.4 Å². The van der Waals surface area contributed by atoms with Crippen LogP contribution >= 0.6 is 12.4 Å². The van der Waals surface area contributed by atoms with Gasteiger partial charge in [0.05, 0.1) is 0 Å². The van der Waals surface area contributed by atoms with E-state index in [9.17, 15) is 0 Å². The molecule has 0 amide bonds. The Morgan fingerprint density at radius 2 is 2.27 bits per heavy atom. The van der Waals surface area contributed by atoms with E-state index in [-0.39, 0.29) is 18.4 Å². The number of rotatable bonds is 2. The molecule has 2 nitrogen and oxygen atoms in total. The summed E-state index contributed by atoms with van der Waals surface area (Å²) in [5.74, 6) is 0. The van der Waals surface area contributed by atoms with Gasteiger partial charge in [0.15, 0.2) is 0 Å². The lowest BCUT2D eigenvalue weighted by atomic mass is 10.2. The van der Waals surface area contributed by atoms with Crippen molar-refractivity contribution in [3.05, 3.63) is 24.0 Å². The summed E-state index contributed by atoms with van der Waals surface area (Å²) >= 11 is 0. The monoisotopic (exact) mass is 174 g/mol. The summed E-state index contributed by atoms with van der Waals surface area (Å²) in [5, 5.41) is 0. The number of aryl methyl sites for hydroxylation is 1. The second-order valence-electron chi connectivity index (χ2n) is 2.56. The highest BCUT2D eigenvalue weighted by Crippen LogP contribution is 2.12. The quantitative estimate of drug-likeness (QED) is 0.729. The average molecular weight is 175 g/mol. The SMILES string of the molecule is CC[C@H](N)c1cccn1C.Cl. The van der Waals surface area contributed by atoms with E-state index in [1.54, 1.807) is 0 Å². The van der Waals surface area contributed by atoms with Crippen molar-refractivity contribution in [3.63, 3.8) is 0 Å². The number of hydrogen-bond acceptors (Lipinski definition) is 1. The Labute approximate surface area is 73.8 Å². The van der Waals surface area contributed by atoms with Crippen LogP contribution in [0.25, 0.3) is 0 Å². The van der Waals surface area contributed by atoms with Crippen molar-refractivity contribution in [2.75, 3.05) is 0 Å². The fraction of sp³-hybridized carbons (Fsp3) is 0.500. The van der Waals surface area contributed by atoms with Crippen molar-refractivity contribution in [2.45, 2.75) is 19.4 Å². The fourth-order valence-corrected chi connectivity index (χ4v) is 1.07. The van der Waals surface area contributed by atoms with Crippen molar-refractivity contribution in [3.8, 4) is 0 Å². The number of halogens is 1. The molecule has 2 N–H and O–H groups in total. The van der Waals surface area contributed by atoms with E-state index >= 15 is 0 Å². The molecule has 0 spiro atoms. The molecule has 1 rings (SSSR count). The topological polar surface area (TPSA) is 30.9 Å². The second kappa shape index (κ2) is 4.42. The van der Waals surface area contributed by atoms with Gasteiger partial charge in [-0.1, -0.05) is 6.92 Å². The van der Waals surface area contributed by atoms with E-state index in [1.165, 1.54) is 5.69 Å².